The zero-order chi connectivity index (χ0) is 33.8. The first-order valence-corrected chi connectivity index (χ1v) is 14.5. The Bertz CT molecular complexity index is 886. The van der Waals surface area contributed by atoms with Gasteiger partial charge in [0.2, 0.25) is 0 Å². The maximum atomic E-state index is 12.4. The molecule has 12 atom stereocenters. The first kappa shape index (κ1) is 37.6. The Balaban J connectivity index is 2.74. The fourth-order valence-corrected chi connectivity index (χ4v) is 5.35. The minimum atomic E-state index is -4.98. The highest BCUT2D eigenvalue weighted by Gasteiger charge is 2.57. The van der Waals surface area contributed by atoms with E-state index in [9.17, 15) is 90.0 Å². The molecule has 3 fully saturated rings. The lowest BCUT2D eigenvalue weighted by Crippen LogP contribution is -2.57. The van der Waals surface area contributed by atoms with Crippen molar-refractivity contribution in [2.24, 2.45) is 0 Å². The van der Waals surface area contributed by atoms with Crippen LogP contribution in [-0.2, 0) is 51.5 Å². The Labute approximate surface area is 252 Å². The molecule has 0 aromatic rings. The number of hydrogen-bond acceptors (Lipinski definition) is 24. The molecule has 2 bridgehead atoms. The van der Waals surface area contributed by atoms with E-state index in [1.165, 1.54) is 0 Å². The lowest BCUT2D eigenvalue weighted by molar-refractivity contribution is -0.185. The maximum absolute atomic E-state index is 12.4. The molecule has 0 aliphatic carbocycles. The summed E-state index contributed by atoms with van der Waals surface area (Å²) in [5.41, 5.74) is 0. The average Bonchev–Trinajstić information content (AvgIpc) is 2.98. The minimum Gasteiger partial charge on any atom is -0.549 e. The van der Waals surface area contributed by atoms with Crippen LogP contribution >= 0.6 is 0 Å². The molecule has 0 unspecified atom stereocenters. The molecule has 3 aliphatic heterocycles. The van der Waals surface area contributed by atoms with Crippen molar-refractivity contribution in [2.75, 3.05) is 0 Å². The van der Waals surface area contributed by atoms with Crippen molar-refractivity contribution < 1.29 is 113 Å². The minimum absolute atomic E-state index is 2.16. The third-order valence-corrected chi connectivity index (χ3v) is 8.26. The van der Waals surface area contributed by atoms with Gasteiger partial charge < -0.3 is 84.0 Å². The number of hydrogen-bond donors (Lipinski definition) is 12. The second-order valence-corrected chi connectivity index (χ2v) is 11.4. The third-order valence-electron chi connectivity index (χ3n) is 5.71. The highest BCUT2D eigenvalue weighted by molar-refractivity contribution is 6.45. The van der Waals surface area contributed by atoms with Crippen LogP contribution in [0.1, 0.15) is 0 Å². The van der Waals surface area contributed by atoms with Gasteiger partial charge in [0.05, 0.1) is 0 Å². The smallest absolute Gasteiger partial charge is 0.549 e. The van der Waals surface area contributed by atoms with Crippen LogP contribution in [0, 0.1) is 0 Å². The van der Waals surface area contributed by atoms with Crippen LogP contribution in [0.4, 0.5) is 0 Å². The van der Waals surface area contributed by atoms with Gasteiger partial charge in [-0.1, -0.05) is 0 Å². The van der Waals surface area contributed by atoms with Crippen LogP contribution < -0.4 is 0 Å². The molecule has 0 aromatic carbocycles. The van der Waals surface area contributed by atoms with E-state index in [2.05, 4.69) is 22.7 Å². The molecule has 26 heteroatoms. The summed E-state index contributed by atoms with van der Waals surface area (Å²) >= 11 is -9.95. The number of carbonyl (C=O) groups excluding carboxylic acids is 6. The van der Waals surface area contributed by atoms with Gasteiger partial charge in [-0.3, -0.25) is 28.8 Å². The van der Waals surface area contributed by atoms with Gasteiger partial charge in [0.25, 0.3) is 0 Å². The number of aliphatic hydroxyl groups excluding tert-OH is 12. The summed E-state index contributed by atoms with van der Waals surface area (Å²) in [5.74, 6) is -13.0. The van der Waals surface area contributed by atoms with Crippen LogP contribution in [-0.4, -0.2) is 201 Å². The molecule has 246 valence electrons. The van der Waals surface area contributed by atoms with Crippen molar-refractivity contribution in [1.82, 2.24) is 0 Å². The van der Waals surface area contributed by atoms with E-state index in [4.69, 9.17) is 0 Å². The second kappa shape index (κ2) is 15.6. The molecule has 0 aromatic heterocycles. The molecule has 24 nitrogen and oxygen atoms in total. The van der Waals surface area contributed by atoms with Crippen molar-refractivity contribution in [2.45, 2.75) is 73.2 Å². The summed E-state index contributed by atoms with van der Waals surface area (Å²) in [6.45, 7) is 0. The van der Waals surface area contributed by atoms with Gasteiger partial charge in [-0.2, -0.15) is 0 Å². The van der Waals surface area contributed by atoms with Gasteiger partial charge in [0.1, 0.15) is 36.6 Å². The van der Waals surface area contributed by atoms with E-state index in [0.29, 0.717) is 0 Å². The van der Waals surface area contributed by atoms with Crippen LogP contribution in [0.25, 0.3) is 0 Å². The van der Waals surface area contributed by atoms with Crippen molar-refractivity contribution in [3.63, 3.8) is 0 Å². The van der Waals surface area contributed by atoms with Crippen molar-refractivity contribution in [3.8, 4) is 0 Å². The van der Waals surface area contributed by atoms with Gasteiger partial charge in [-0.25, -0.2) is 0 Å². The highest BCUT2D eigenvalue weighted by Crippen LogP contribution is 2.16. The van der Waals surface area contributed by atoms with E-state index in [0.717, 1.165) is 0 Å². The predicted octanol–water partition coefficient (Wildman–Crippen LogP) is -11.4. The summed E-state index contributed by atoms with van der Waals surface area (Å²) in [4.78, 5) is 74.2. The lowest BCUT2D eigenvalue weighted by atomic mass is 10.0. The van der Waals surface area contributed by atoms with Gasteiger partial charge in [-0.15, -0.1) is 0 Å². The number of aliphatic hydroxyl groups is 12. The standard InChI is InChI=1S/3C6H10O8.2Al/c3*7-1(3(9)5(11)12)2(8)4(10)6(13)14;;/h3*1-4,7-10H,(H,11,12)(H,13,14);;/q;;;2*+3/p-6/t3*1-,2+,3+,4-;;. The summed E-state index contributed by atoms with van der Waals surface area (Å²) in [5, 5.41) is 120. The molecule has 3 heterocycles. The average molecular weight is 678 g/mol. The molecule has 44 heavy (non-hydrogen) atoms. The van der Waals surface area contributed by atoms with Gasteiger partial charge in [0.15, 0.2) is 36.6 Å². The molecular weight excluding hydrogens is 654 g/mol. The number of fused-ring (bicyclic) bond motifs is 21. The third kappa shape index (κ3) is 8.77. The quantitative estimate of drug-likeness (QED) is 0.106. The summed E-state index contributed by atoms with van der Waals surface area (Å²) < 4.78 is 26.4. The van der Waals surface area contributed by atoms with Gasteiger partial charge >= 0.3 is 66.1 Å². The van der Waals surface area contributed by atoms with Crippen molar-refractivity contribution in [3.05, 3.63) is 0 Å². The Morgan fingerprint density at radius 3 is 0.523 bits per heavy atom. The van der Waals surface area contributed by atoms with Crippen molar-refractivity contribution >= 4 is 66.1 Å². The summed E-state index contributed by atoms with van der Waals surface area (Å²) in [6, 6.07) is 0. The molecule has 3 rings (SSSR count). The zero-order valence-corrected chi connectivity index (χ0v) is 23.7. The lowest BCUT2D eigenvalue weighted by Gasteiger charge is -2.29. The zero-order valence-electron chi connectivity index (χ0n) is 21.3. The predicted molar refractivity (Wildman–Crippen MR) is 120 cm³/mol. The fraction of sp³-hybridized carbons (Fsp3) is 0.667. The Kier molecular flexibility index (Phi) is 13.3. The first-order valence-electron chi connectivity index (χ1n) is 11.7. The Hall–Kier alpha value is -2.60. The Morgan fingerprint density at radius 2 is 0.409 bits per heavy atom. The molecule has 3 aliphatic rings. The molecule has 0 radical (unpaired) electrons. The van der Waals surface area contributed by atoms with Crippen LogP contribution in [0.2, 0.25) is 0 Å². The normalized spacial score (nSPS) is 39.3. The van der Waals surface area contributed by atoms with Gasteiger partial charge in [0, 0.05) is 0 Å². The topological polar surface area (TPSA) is 401 Å². The van der Waals surface area contributed by atoms with E-state index in [-0.39, 0.29) is 0 Å². The van der Waals surface area contributed by atoms with E-state index < -0.39 is 139 Å². The molecule has 0 amide bonds. The summed E-state index contributed by atoms with van der Waals surface area (Å²) in [6.07, 6.45) is -35.6. The van der Waals surface area contributed by atoms with Crippen LogP contribution in [0.5, 0.6) is 0 Å². The van der Waals surface area contributed by atoms with Crippen molar-refractivity contribution in [1.29, 1.82) is 0 Å². The molecule has 0 spiro atoms. The molecule has 12 N–H and O–H groups in total. The monoisotopic (exact) mass is 678 g/mol. The summed E-state index contributed by atoms with van der Waals surface area (Å²) in [7, 11) is 0. The fourth-order valence-electron chi connectivity index (χ4n) is 3.09. The molecule has 3 saturated heterocycles. The largest absolute Gasteiger partial charge is 1.20 e. The number of carbonyl (C=O) groups is 6. The molecule has 0 saturated carbocycles. The molecular formula is C18H24Al2O24. The Morgan fingerprint density at radius 1 is 0.295 bits per heavy atom. The van der Waals surface area contributed by atoms with Gasteiger partial charge in [-0.05, 0) is 0 Å². The second-order valence-electron chi connectivity index (χ2n) is 8.81. The first-order chi connectivity index (χ1) is 20.3. The van der Waals surface area contributed by atoms with Crippen LogP contribution in [0.15, 0.2) is 0 Å². The van der Waals surface area contributed by atoms with E-state index >= 15 is 0 Å². The van der Waals surface area contributed by atoms with E-state index in [1.807, 2.05) is 0 Å². The van der Waals surface area contributed by atoms with Crippen LogP contribution in [0.3, 0.4) is 0 Å². The maximum Gasteiger partial charge on any atom is 1.20 e. The number of rotatable bonds is 0. The van der Waals surface area contributed by atoms with E-state index in [1.54, 1.807) is 0 Å². The highest BCUT2D eigenvalue weighted by atomic mass is 27.3. The SMILES string of the molecule is O=C1[O][Al]2[O]C(=O)[C@@H](O)[C@H](O)[C@H](O)[C@@H](O)C(=O)[O][Al]([O]C(=O)[C@H](O)[C@@H](O)[C@@H](O)[C@@H]1O)[O]C(=O)[C@H](O)[C@@H](O)[C@@H](O)[C@H](O)C(=O)[O]2.